The van der Waals surface area contributed by atoms with Gasteiger partial charge in [-0.25, -0.2) is 0 Å². The molecule has 1 atom stereocenters. The standard InChI is InChI=1S/C21H24BrNO4/c1-2-15-5-10-20(19(22)12-15)27-14-21(24)23-16-6-8-17(9-7-16)26-13-18-4-3-11-25-18/h5-10,12,18H,2-4,11,13-14H2,1H3,(H,23,24). The molecule has 0 saturated carbocycles. The Morgan fingerprint density at radius 3 is 2.70 bits per heavy atom. The molecule has 1 heterocycles. The first-order valence-corrected chi connectivity index (χ1v) is 9.99. The van der Waals surface area contributed by atoms with Crippen LogP contribution in [0.1, 0.15) is 25.3 Å². The third-order valence-electron chi connectivity index (χ3n) is 4.36. The Labute approximate surface area is 168 Å². The van der Waals surface area contributed by atoms with E-state index in [-0.39, 0.29) is 18.6 Å². The van der Waals surface area contributed by atoms with Gasteiger partial charge in [0, 0.05) is 12.3 Å². The Kier molecular flexibility index (Phi) is 7.12. The minimum absolute atomic E-state index is 0.0542. The van der Waals surface area contributed by atoms with Crippen molar-refractivity contribution in [2.75, 3.05) is 25.1 Å². The van der Waals surface area contributed by atoms with E-state index >= 15 is 0 Å². The largest absolute Gasteiger partial charge is 0.491 e. The summed E-state index contributed by atoms with van der Waals surface area (Å²) in [6, 6.07) is 13.2. The van der Waals surface area contributed by atoms with Gasteiger partial charge in [0.15, 0.2) is 6.61 Å². The number of aryl methyl sites for hydroxylation is 1. The molecule has 2 aromatic rings. The number of nitrogens with one attached hydrogen (secondary N) is 1. The van der Waals surface area contributed by atoms with Gasteiger partial charge in [-0.15, -0.1) is 0 Å². The van der Waals surface area contributed by atoms with Crippen molar-refractivity contribution in [3.63, 3.8) is 0 Å². The molecule has 1 amide bonds. The number of benzene rings is 2. The van der Waals surface area contributed by atoms with Crippen LogP contribution < -0.4 is 14.8 Å². The van der Waals surface area contributed by atoms with Gasteiger partial charge in [0.05, 0.1) is 10.6 Å². The summed E-state index contributed by atoms with van der Waals surface area (Å²) in [5.74, 6) is 1.20. The van der Waals surface area contributed by atoms with E-state index in [9.17, 15) is 4.79 Å². The Hall–Kier alpha value is -2.05. The zero-order chi connectivity index (χ0) is 19.1. The number of hydrogen-bond donors (Lipinski definition) is 1. The van der Waals surface area contributed by atoms with E-state index in [1.165, 1.54) is 5.56 Å². The lowest BCUT2D eigenvalue weighted by Crippen LogP contribution is -2.20. The molecule has 6 heteroatoms. The molecule has 1 N–H and O–H groups in total. The van der Waals surface area contributed by atoms with Crippen LogP contribution in [0.4, 0.5) is 5.69 Å². The van der Waals surface area contributed by atoms with E-state index in [2.05, 4.69) is 28.2 Å². The maximum absolute atomic E-state index is 12.1. The molecule has 0 spiro atoms. The van der Waals surface area contributed by atoms with Gasteiger partial charge < -0.3 is 19.5 Å². The fourth-order valence-electron chi connectivity index (χ4n) is 2.82. The molecular formula is C21H24BrNO4. The molecular weight excluding hydrogens is 410 g/mol. The lowest BCUT2D eigenvalue weighted by Gasteiger charge is -2.12. The van der Waals surface area contributed by atoms with Crippen LogP contribution >= 0.6 is 15.9 Å². The molecule has 3 rings (SSSR count). The Morgan fingerprint density at radius 1 is 1.22 bits per heavy atom. The fraction of sp³-hybridized carbons (Fsp3) is 0.381. The summed E-state index contributed by atoms with van der Waals surface area (Å²) < 4.78 is 17.7. The SMILES string of the molecule is CCc1ccc(OCC(=O)Nc2ccc(OCC3CCCO3)cc2)c(Br)c1. The van der Waals surface area contributed by atoms with Crippen molar-refractivity contribution < 1.29 is 19.0 Å². The number of halogens is 1. The van der Waals surface area contributed by atoms with E-state index in [0.29, 0.717) is 18.0 Å². The second kappa shape index (κ2) is 9.76. The zero-order valence-corrected chi connectivity index (χ0v) is 17.0. The molecule has 1 unspecified atom stereocenters. The van der Waals surface area contributed by atoms with Gasteiger partial charge in [-0.1, -0.05) is 13.0 Å². The molecule has 27 heavy (non-hydrogen) atoms. The zero-order valence-electron chi connectivity index (χ0n) is 15.4. The van der Waals surface area contributed by atoms with E-state index in [1.807, 2.05) is 42.5 Å². The summed E-state index contributed by atoms with van der Waals surface area (Å²) in [7, 11) is 0. The van der Waals surface area contributed by atoms with Gasteiger partial charge in [-0.05, 0) is 77.2 Å². The maximum atomic E-state index is 12.1. The number of ether oxygens (including phenoxy) is 3. The van der Waals surface area contributed by atoms with Crippen LogP contribution in [0.2, 0.25) is 0 Å². The van der Waals surface area contributed by atoms with Crippen molar-refractivity contribution in [3.8, 4) is 11.5 Å². The Bertz CT molecular complexity index is 757. The molecule has 1 saturated heterocycles. The van der Waals surface area contributed by atoms with Crippen LogP contribution in [0.3, 0.4) is 0 Å². The minimum atomic E-state index is -0.213. The predicted octanol–water partition coefficient (Wildman–Crippen LogP) is 4.59. The number of carbonyl (C=O) groups is 1. The van der Waals surface area contributed by atoms with Crippen molar-refractivity contribution in [1.29, 1.82) is 0 Å². The van der Waals surface area contributed by atoms with Crippen LogP contribution in [0.25, 0.3) is 0 Å². The molecule has 1 aliphatic rings. The maximum Gasteiger partial charge on any atom is 0.262 e. The first kappa shape index (κ1) is 19.7. The lowest BCUT2D eigenvalue weighted by molar-refractivity contribution is -0.118. The topological polar surface area (TPSA) is 56.8 Å². The van der Waals surface area contributed by atoms with E-state index in [0.717, 1.165) is 36.1 Å². The Balaban J connectivity index is 1.44. The lowest BCUT2D eigenvalue weighted by atomic mass is 10.2. The van der Waals surface area contributed by atoms with E-state index in [4.69, 9.17) is 14.2 Å². The molecule has 0 aliphatic carbocycles. The second-order valence-electron chi connectivity index (χ2n) is 6.43. The molecule has 144 valence electrons. The van der Waals surface area contributed by atoms with Crippen LogP contribution in [-0.4, -0.2) is 31.8 Å². The van der Waals surface area contributed by atoms with Gasteiger partial charge in [0.2, 0.25) is 0 Å². The van der Waals surface area contributed by atoms with Gasteiger partial charge in [-0.3, -0.25) is 4.79 Å². The molecule has 1 fully saturated rings. The molecule has 0 aromatic heterocycles. The van der Waals surface area contributed by atoms with Crippen molar-refractivity contribution >= 4 is 27.5 Å². The summed E-state index contributed by atoms with van der Waals surface area (Å²) in [5.41, 5.74) is 1.91. The van der Waals surface area contributed by atoms with Crippen molar-refractivity contribution in [1.82, 2.24) is 0 Å². The van der Waals surface area contributed by atoms with Crippen LogP contribution in [0, 0.1) is 0 Å². The van der Waals surface area contributed by atoms with Gasteiger partial charge in [0.1, 0.15) is 18.1 Å². The molecule has 0 bridgehead atoms. The number of amides is 1. The van der Waals surface area contributed by atoms with E-state index < -0.39 is 0 Å². The van der Waals surface area contributed by atoms with Crippen LogP contribution in [0.5, 0.6) is 11.5 Å². The number of carbonyl (C=O) groups excluding carboxylic acids is 1. The Morgan fingerprint density at radius 2 is 2.04 bits per heavy atom. The summed E-state index contributed by atoms with van der Waals surface area (Å²) >= 11 is 3.47. The molecule has 2 aromatic carbocycles. The van der Waals surface area contributed by atoms with E-state index in [1.54, 1.807) is 0 Å². The quantitative estimate of drug-likeness (QED) is 0.661. The van der Waals surface area contributed by atoms with Gasteiger partial charge in [-0.2, -0.15) is 0 Å². The predicted molar refractivity (Wildman–Crippen MR) is 109 cm³/mol. The van der Waals surface area contributed by atoms with Gasteiger partial charge >= 0.3 is 0 Å². The summed E-state index contributed by atoms with van der Waals surface area (Å²) in [6.45, 7) is 3.42. The molecule has 0 radical (unpaired) electrons. The van der Waals surface area contributed by atoms with Gasteiger partial charge in [0.25, 0.3) is 5.91 Å². The minimum Gasteiger partial charge on any atom is -0.491 e. The third kappa shape index (κ3) is 5.97. The van der Waals surface area contributed by atoms with Crippen molar-refractivity contribution in [2.24, 2.45) is 0 Å². The first-order valence-electron chi connectivity index (χ1n) is 9.19. The number of anilines is 1. The third-order valence-corrected chi connectivity index (χ3v) is 4.98. The monoisotopic (exact) mass is 433 g/mol. The summed E-state index contributed by atoms with van der Waals surface area (Å²) in [5, 5.41) is 2.82. The highest BCUT2D eigenvalue weighted by molar-refractivity contribution is 9.10. The number of rotatable bonds is 8. The second-order valence-corrected chi connectivity index (χ2v) is 7.28. The highest BCUT2D eigenvalue weighted by Crippen LogP contribution is 2.26. The average molecular weight is 434 g/mol. The molecule has 1 aliphatic heterocycles. The average Bonchev–Trinajstić information content (AvgIpc) is 3.20. The highest BCUT2D eigenvalue weighted by Gasteiger charge is 2.16. The highest BCUT2D eigenvalue weighted by atomic mass is 79.9. The smallest absolute Gasteiger partial charge is 0.262 e. The number of hydrogen-bond acceptors (Lipinski definition) is 4. The summed E-state index contributed by atoms with van der Waals surface area (Å²) in [6.07, 6.45) is 3.28. The van der Waals surface area contributed by atoms with Crippen molar-refractivity contribution in [2.45, 2.75) is 32.3 Å². The molecule has 5 nitrogen and oxygen atoms in total. The summed E-state index contributed by atoms with van der Waals surface area (Å²) in [4.78, 5) is 12.1. The fourth-order valence-corrected chi connectivity index (χ4v) is 3.36. The van der Waals surface area contributed by atoms with Crippen molar-refractivity contribution in [3.05, 3.63) is 52.5 Å². The normalized spacial score (nSPS) is 16.1. The van der Waals surface area contributed by atoms with Crippen LogP contribution in [0.15, 0.2) is 46.9 Å². The first-order chi connectivity index (χ1) is 13.1. The van der Waals surface area contributed by atoms with Crippen LogP contribution in [-0.2, 0) is 16.0 Å².